The van der Waals surface area contributed by atoms with Crippen LogP contribution in [0.15, 0.2) is 43.0 Å². The Morgan fingerprint density at radius 3 is 1.93 bits per heavy atom. The lowest BCUT2D eigenvalue weighted by Crippen LogP contribution is -2.36. The minimum absolute atomic E-state index is 0.0233. The third-order valence-corrected chi connectivity index (χ3v) is 5.38. The first-order valence-corrected chi connectivity index (χ1v) is 12.6. The lowest BCUT2D eigenvalue weighted by molar-refractivity contribution is 0.261. The Labute approximate surface area is 185 Å². The van der Waals surface area contributed by atoms with Crippen molar-refractivity contribution in [3.05, 3.63) is 48.6 Å². The normalized spacial score (nSPS) is 11.6. The van der Waals surface area contributed by atoms with E-state index in [1.165, 1.54) is 50.5 Å². The third-order valence-electron chi connectivity index (χ3n) is 4.91. The lowest BCUT2D eigenvalue weighted by Gasteiger charge is -2.26. The molecule has 0 spiro atoms. The number of benzene rings is 1. The molecule has 0 atom stereocenters. The van der Waals surface area contributed by atoms with Crippen LogP contribution in [-0.2, 0) is 20.1 Å². The molecule has 0 saturated carbocycles. The monoisotopic (exact) mass is 441 g/mol. The Balaban J connectivity index is 0.000000579. The molecule has 0 saturated heterocycles. The van der Waals surface area contributed by atoms with Crippen LogP contribution in [0.4, 0.5) is 0 Å². The Kier molecular flexibility index (Phi) is 16.8. The van der Waals surface area contributed by atoms with Crippen LogP contribution in [0.1, 0.15) is 90.5 Å². The van der Waals surface area contributed by atoms with E-state index in [4.69, 9.17) is 4.55 Å². The molecule has 174 valence electrons. The van der Waals surface area contributed by atoms with E-state index < -0.39 is 10.4 Å². The van der Waals surface area contributed by atoms with Crippen molar-refractivity contribution in [1.29, 1.82) is 0 Å². The summed E-state index contributed by atoms with van der Waals surface area (Å²) in [5, 5.41) is 3.41. The second-order valence-electron chi connectivity index (χ2n) is 8.09. The van der Waals surface area contributed by atoms with Crippen LogP contribution >= 0.6 is 0 Å². The lowest BCUT2D eigenvalue weighted by atomic mass is 9.94. The summed E-state index contributed by atoms with van der Waals surface area (Å²) in [6.07, 6.45) is 13.7. The fraction of sp³-hybridized carbons (Fsp3) is 0.667. The highest BCUT2D eigenvalue weighted by Gasteiger charge is 2.17. The van der Waals surface area contributed by atoms with Crippen LogP contribution in [0, 0.1) is 0 Å². The molecule has 30 heavy (non-hydrogen) atoms. The van der Waals surface area contributed by atoms with Crippen molar-refractivity contribution in [3.8, 4) is 0 Å². The molecule has 5 nitrogen and oxygen atoms in total. The zero-order valence-electron chi connectivity index (χ0n) is 19.2. The molecule has 0 unspecified atom stereocenters. The molecule has 1 rings (SSSR count). The Hall–Kier alpha value is -1.21. The smallest absolute Gasteiger partial charge is 0.304 e. The third kappa shape index (κ3) is 17.6. The fourth-order valence-electron chi connectivity index (χ4n) is 3.04. The van der Waals surface area contributed by atoms with Crippen LogP contribution in [0.5, 0.6) is 0 Å². The van der Waals surface area contributed by atoms with Crippen LogP contribution in [-0.4, -0.2) is 26.1 Å². The molecule has 0 heterocycles. The summed E-state index contributed by atoms with van der Waals surface area (Å²) in [5.74, 6) is 0. The van der Waals surface area contributed by atoms with Crippen LogP contribution in [0.25, 0.3) is 0 Å². The van der Waals surface area contributed by atoms with E-state index in [2.05, 4.69) is 61.1 Å². The van der Waals surface area contributed by atoms with E-state index >= 15 is 0 Å². The van der Waals surface area contributed by atoms with Crippen molar-refractivity contribution in [2.75, 3.05) is 13.2 Å². The molecule has 1 aromatic carbocycles. The van der Waals surface area contributed by atoms with Crippen LogP contribution < -0.4 is 5.32 Å². The van der Waals surface area contributed by atoms with E-state index in [-0.39, 0.29) is 12.1 Å². The topological polar surface area (TPSA) is 75.6 Å². The van der Waals surface area contributed by atoms with Gasteiger partial charge in [-0.3, -0.25) is 4.55 Å². The van der Waals surface area contributed by atoms with Gasteiger partial charge in [0.15, 0.2) is 0 Å². The summed E-state index contributed by atoms with van der Waals surface area (Å²) in [7, 11) is -4.23. The standard InChI is InChI=1S/C12H17N.C12H26O4S/c1-4-10-13-12(2,3)11-8-6-5-7-9-11;1-2-3-4-5-6-7-8-9-10-11-12-16-17(13,14)15/h4-9,13H,1,10H2,2-3H3;2-12H2,1H3,(H,13,14,15). The van der Waals surface area contributed by atoms with Crippen molar-refractivity contribution in [3.63, 3.8) is 0 Å². The van der Waals surface area contributed by atoms with Gasteiger partial charge >= 0.3 is 10.4 Å². The number of hydrogen-bond donors (Lipinski definition) is 2. The van der Waals surface area contributed by atoms with E-state index in [1.807, 2.05) is 12.1 Å². The maximum absolute atomic E-state index is 10.2. The highest BCUT2D eigenvalue weighted by atomic mass is 32.3. The largest absolute Gasteiger partial charge is 0.397 e. The summed E-state index contributed by atoms with van der Waals surface area (Å²) in [5.41, 5.74) is 1.33. The molecule has 0 radical (unpaired) electrons. The van der Waals surface area contributed by atoms with Gasteiger partial charge in [0, 0.05) is 12.1 Å². The summed E-state index contributed by atoms with van der Waals surface area (Å²) >= 11 is 0. The summed E-state index contributed by atoms with van der Waals surface area (Å²) in [4.78, 5) is 0. The maximum atomic E-state index is 10.2. The molecule has 0 aliphatic carbocycles. The Morgan fingerprint density at radius 1 is 0.967 bits per heavy atom. The first kappa shape index (κ1) is 28.8. The predicted octanol–water partition coefficient (Wildman–Crippen LogP) is 6.42. The SMILES string of the molecule is C=CCNC(C)(C)c1ccccc1.CCCCCCCCCCCCOS(=O)(=O)O. The number of nitrogens with one attached hydrogen (secondary N) is 1. The zero-order valence-corrected chi connectivity index (χ0v) is 20.1. The average Bonchev–Trinajstić information content (AvgIpc) is 2.71. The Morgan fingerprint density at radius 2 is 1.47 bits per heavy atom. The first-order valence-electron chi connectivity index (χ1n) is 11.3. The number of hydrogen-bond acceptors (Lipinski definition) is 4. The Bertz CT molecular complexity index is 630. The quantitative estimate of drug-likeness (QED) is 0.176. The molecule has 2 N–H and O–H groups in total. The van der Waals surface area contributed by atoms with Gasteiger partial charge in [-0.1, -0.05) is 101 Å². The van der Waals surface area contributed by atoms with Gasteiger partial charge in [-0.15, -0.1) is 6.58 Å². The second-order valence-corrected chi connectivity index (χ2v) is 9.18. The molecule has 0 fully saturated rings. The molecule has 6 heteroatoms. The summed E-state index contributed by atoms with van der Waals surface area (Å²) in [6, 6.07) is 10.4. The predicted molar refractivity (Wildman–Crippen MR) is 127 cm³/mol. The van der Waals surface area contributed by atoms with Crippen molar-refractivity contribution < 1.29 is 17.2 Å². The number of unbranched alkanes of at least 4 members (excludes halogenated alkanes) is 9. The number of rotatable bonds is 16. The van der Waals surface area contributed by atoms with Gasteiger partial charge in [-0.2, -0.15) is 8.42 Å². The minimum atomic E-state index is -4.23. The minimum Gasteiger partial charge on any atom is -0.304 e. The molecule has 0 aromatic heterocycles. The van der Waals surface area contributed by atoms with Gasteiger partial charge < -0.3 is 5.32 Å². The molecular weight excluding hydrogens is 398 g/mol. The van der Waals surface area contributed by atoms with Gasteiger partial charge in [0.05, 0.1) is 6.61 Å². The average molecular weight is 442 g/mol. The molecular formula is C24H43NO4S. The van der Waals surface area contributed by atoms with Crippen molar-refractivity contribution >= 4 is 10.4 Å². The highest BCUT2D eigenvalue weighted by molar-refractivity contribution is 7.80. The van der Waals surface area contributed by atoms with Gasteiger partial charge in [0.25, 0.3) is 0 Å². The fourth-order valence-corrected chi connectivity index (χ4v) is 3.37. The van der Waals surface area contributed by atoms with E-state index in [0.29, 0.717) is 6.42 Å². The van der Waals surface area contributed by atoms with Gasteiger partial charge in [0.2, 0.25) is 0 Å². The summed E-state index contributed by atoms with van der Waals surface area (Å²) < 4.78 is 33.0. The molecule has 1 aromatic rings. The summed E-state index contributed by atoms with van der Waals surface area (Å²) in [6.45, 7) is 11.2. The van der Waals surface area contributed by atoms with Gasteiger partial charge in [0.1, 0.15) is 0 Å². The first-order chi connectivity index (χ1) is 14.2. The van der Waals surface area contributed by atoms with E-state index in [1.54, 1.807) is 0 Å². The van der Waals surface area contributed by atoms with Crippen LogP contribution in [0.2, 0.25) is 0 Å². The molecule has 0 aliphatic heterocycles. The maximum Gasteiger partial charge on any atom is 0.397 e. The van der Waals surface area contributed by atoms with Crippen molar-refractivity contribution in [2.24, 2.45) is 0 Å². The molecule has 0 amide bonds. The molecule has 0 bridgehead atoms. The van der Waals surface area contributed by atoms with E-state index in [9.17, 15) is 8.42 Å². The van der Waals surface area contributed by atoms with Crippen LogP contribution in [0.3, 0.4) is 0 Å². The van der Waals surface area contributed by atoms with Crippen molar-refractivity contribution in [2.45, 2.75) is 90.5 Å². The van der Waals surface area contributed by atoms with E-state index in [0.717, 1.165) is 19.4 Å². The van der Waals surface area contributed by atoms with Gasteiger partial charge in [-0.25, -0.2) is 4.18 Å². The van der Waals surface area contributed by atoms with Crippen molar-refractivity contribution in [1.82, 2.24) is 5.32 Å². The molecule has 0 aliphatic rings. The second kappa shape index (κ2) is 17.5. The van der Waals surface area contributed by atoms with Gasteiger partial charge in [-0.05, 0) is 25.8 Å². The highest BCUT2D eigenvalue weighted by Crippen LogP contribution is 2.18. The zero-order chi connectivity index (χ0) is 22.7.